The zero-order valence-electron chi connectivity index (χ0n) is 9.17. The highest BCUT2D eigenvalue weighted by molar-refractivity contribution is 5.73. The molecule has 0 aliphatic heterocycles. The van der Waals surface area contributed by atoms with Crippen LogP contribution in [0.15, 0.2) is 12.3 Å². The molecule has 0 spiro atoms. The highest BCUT2D eigenvalue weighted by Gasteiger charge is 2.19. The van der Waals surface area contributed by atoms with Crippen molar-refractivity contribution >= 4 is 5.97 Å². The molecule has 1 fully saturated rings. The van der Waals surface area contributed by atoms with Crippen LogP contribution >= 0.6 is 0 Å². The molecule has 1 atom stereocenters. The molecule has 0 radical (unpaired) electrons. The lowest BCUT2D eigenvalue weighted by molar-refractivity contribution is -0.138. The van der Waals surface area contributed by atoms with Crippen LogP contribution in [0.3, 0.4) is 0 Å². The van der Waals surface area contributed by atoms with Crippen molar-refractivity contribution < 1.29 is 9.90 Å². The molecule has 0 bridgehead atoms. The minimum Gasteiger partial charge on any atom is -0.480 e. The van der Waals surface area contributed by atoms with Gasteiger partial charge in [0, 0.05) is 12.6 Å². The number of carbonyl (C=O) groups is 1. The SMILES string of the molecule is N[C@H](Cc1ccn(C2CCCC2)n1)C(=O)O. The van der Waals surface area contributed by atoms with E-state index in [0.717, 1.165) is 5.69 Å². The van der Waals surface area contributed by atoms with Crippen LogP contribution < -0.4 is 5.73 Å². The first-order chi connectivity index (χ1) is 7.66. The summed E-state index contributed by atoms with van der Waals surface area (Å²) in [4.78, 5) is 10.6. The number of aromatic nitrogens is 2. The summed E-state index contributed by atoms with van der Waals surface area (Å²) in [5, 5.41) is 13.1. The van der Waals surface area contributed by atoms with E-state index in [1.165, 1.54) is 25.7 Å². The third kappa shape index (κ3) is 2.41. The van der Waals surface area contributed by atoms with E-state index in [4.69, 9.17) is 10.8 Å². The molecule has 16 heavy (non-hydrogen) atoms. The Bertz CT molecular complexity index is 369. The van der Waals surface area contributed by atoms with Crippen LogP contribution in [-0.2, 0) is 11.2 Å². The van der Waals surface area contributed by atoms with Gasteiger partial charge in [0.25, 0.3) is 0 Å². The number of hydrogen-bond acceptors (Lipinski definition) is 3. The lowest BCUT2D eigenvalue weighted by Crippen LogP contribution is -2.32. The molecule has 0 aromatic carbocycles. The average Bonchev–Trinajstić information content (AvgIpc) is 2.85. The molecule has 1 aromatic rings. The number of nitrogens with zero attached hydrogens (tertiary/aromatic N) is 2. The van der Waals surface area contributed by atoms with Crippen LogP contribution in [0.2, 0.25) is 0 Å². The van der Waals surface area contributed by atoms with E-state index in [1.54, 1.807) is 0 Å². The van der Waals surface area contributed by atoms with Gasteiger partial charge in [-0.05, 0) is 18.9 Å². The Hall–Kier alpha value is -1.36. The van der Waals surface area contributed by atoms with E-state index < -0.39 is 12.0 Å². The van der Waals surface area contributed by atoms with Crippen molar-refractivity contribution in [1.29, 1.82) is 0 Å². The van der Waals surface area contributed by atoms with Gasteiger partial charge in [-0.3, -0.25) is 9.48 Å². The topological polar surface area (TPSA) is 81.1 Å². The highest BCUT2D eigenvalue weighted by atomic mass is 16.4. The molecule has 0 saturated heterocycles. The van der Waals surface area contributed by atoms with Gasteiger partial charge in [0.1, 0.15) is 6.04 Å². The van der Waals surface area contributed by atoms with Crippen molar-refractivity contribution in [2.75, 3.05) is 0 Å². The molecule has 0 amide bonds. The fraction of sp³-hybridized carbons (Fsp3) is 0.636. The number of aliphatic carboxylic acids is 1. The summed E-state index contributed by atoms with van der Waals surface area (Å²) in [6.07, 6.45) is 7.09. The summed E-state index contributed by atoms with van der Waals surface area (Å²) in [7, 11) is 0. The van der Waals surface area contributed by atoms with Gasteiger partial charge in [-0.2, -0.15) is 5.10 Å². The van der Waals surface area contributed by atoms with E-state index >= 15 is 0 Å². The Balaban J connectivity index is 1.99. The first-order valence-electron chi connectivity index (χ1n) is 5.69. The van der Waals surface area contributed by atoms with Gasteiger partial charge in [0.2, 0.25) is 0 Å². The first kappa shape index (κ1) is 11.1. The number of nitrogens with two attached hydrogens (primary N) is 1. The average molecular weight is 223 g/mol. The van der Waals surface area contributed by atoms with Gasteiger partial charge >= 0.3 is 5.97 Å². The summed E-state index contributed by atoms with van der Waals surface area (Å²) in [6, 6.07) is 1.50. The number of carboxylic acids is 1. The quantitative estimate of drug-likeness (QED) is 0.796. The second-order valence-corrected chi connectivity index (χ2v) is 4.37. The third-order valence-corrected chi connectivity index (χ3v) is 3.11. The number of rotatable bonds is 4. The van der Waals surface area contributed by atoms with Gasteiger partial charge in [0.15, 0.2) is 0 Å². The van der Waals surface area contributed by atoms with Gasteiger partial charge in [-0.15, -0.1) is 0 Å². The minimum absolute atomic E-state index is 0.301. The van der Waals surface area contributed by atoms with Gasteiger partial charge in [-0.1, -0.05) is 12.8 Å². The van der Waals surface area contributed by atoms with Crippen LogP contribution in [0.5, 0.6) is 0 Å². The van der Waals surface area contributed by atoms with Crippen molar-refractivity contribution in [3.05, 3.63) is 18.0 Å². The fourth-order valence-corrected chi connectivity index (χ4v) is 2.17. The molecule has 1 aliphatic carbocycles. The first-order valence-corrected chi connectivity index (χ1v) is 5.69. The van der Waals surface area contributed by atoms with E-state index in [2.05, 4.69) is 5.10 Å². The molecule has 5 heteroatoms. The Morgan fingerprint density at radius 2 is 2.31 bits per heavy atom. The second kappa shape index (κ2) is 4.65. The van der Waals surface area contributed by atoms with Crippen LogP contribution in [0, 0.1) is 0 Å². The van der Waals surface area contributed by atoms with Gasteiger partial charge in [-0.25, -0.2) is 0 Å². The van der Waals surface area contributed by atoms with E-state index in [0.29, 0.717) is 12.5 Å². The number of hydrogen-bond donors (Lipinski definition) is 2. The number of carboxylic acid groups (broad SMARTS) is 1. The Morgan fingerprint density at radius 3 is 2.94 bits per heavy atom. The zero-order valence-corrected chi connectivity index (χ0v) is 9.17. The van der Waals surface area contributed by atoms with Crippen molar-refractivity contribution in [2.24, 2.45) is 5.73 Å². The van der Waals surface area contributed by atoms with Crippen LogP contribution in [0.1, 0.15) is 37.4 Å². The van der Waals surface area contributed by atoms with E-state index in [1.807, 2.05) is 16.9 Å². The Labute approximate surface area is 94.2 Å². The normalized spacial score (nSPS) is 18.8. The van der Waals surface area contributed by atoms with Crippen molar-refractivity contribution in [2.45, 2.75) is 44.2 Å². The largest absolute Gasteiger partial charge is 0.480 e. The Morgan fingerprint density at radius 1 is 1.62 bits per heavy atom. The van der Waals surface area contributed by atoms with Crippen LogP contribution in [0.25, 0.3) is 0 Å². The summed E-state index contributed by atoms with van der Waals surface area (Å²) in [6.45, 7) is 0. The predicted octanol–water partition coefficient (Wildman–Crippen LogP) is 0.953. The highest BCUT2D eigenvalue weighted by Crippen LogP contribution is 2.28. The lowest BCUT2D eigenvalue weighted by atomic mass is 10.2. The molecule has 2 rings (SSSR count). The molecule has 1 saturated carbocycles. The maximum Gasteiger partial charge on any atom is 0.320 e. The Kier molecular flexibility index (Phi) is 3.24. The second-order valence-electron chi connectivity index (χ2n) is 4.37. The molecular weight excluding hydrogens is 206 g/mol. The molecule has 1 aromatic heterocycles. The van der Waals surface area contributed by atoms with Crippen molar-refractivity contribution in [3.63, 3.8) is 0 Å². The lowest BCUT2D eigenvalue weighted by Gasteiger charge is -2.09. The van der Waals surface area contributed by atoms with Crippen molar-refractivity contribution in [3.8, 4) is 0 Å². The molecule has 3 N–H and O–H groups in total. The molecular formula is C11H17N3O2. The van der Waals surface area contributed by atoms with Crippen LogP contribution in [-0.4, -0.2) is 26.9 Å². The van der Waals surface area contributed by atoms with E-state index in [-0.39, 0.29) is 0 Å². The monoisotopic (exact) mass is 223 g/mol. The molecule has 1 aliphatic rings. The third-order valence-electron chi connectivity index (χ3n) is 3.11. The zero-order chi connectivity index (χ0) is 11.5. The summed E-state index contributed by atoms with van der Waals surface area (Å²) < 4.78 is 1.96. The predicted molar refractivity (Wildman–Crippen MR) is 59.0 cm³/mol. The summed E-state index contributed by atoms with van der Waals surface area (Å²) in [5.74, 6) is -0.976. The summed E-state index contributed by atoms with van der Waals surface area (Å²) in [5.41, 5.74) is 6.23. The van der Waals surface area contributed by atoms with Crippen molar-refractivity contribution in [1.82, 2.24) is 9.78 Å². The van der Waals surface area contributed by atoms with Gasteiger partial charge < -0.3 is 10.8 Å². The van der Waals surface area contributed by atoms with E-state index in [9.17, 15) is 4.79 Å². The maximum absolute atomic E-state index is 10.6. The smallest absolute Gasteiger partial charge is 0.320 e. The fourth-order valence-electron chi connectivity index (χ4n) is 2.17. The summed E-state index contributed by atoms with van der Waals surface area (Å²) >= 11 is 0. The minimum atomic E-state index is -0.976. The maximum atomic E-state index is 10.6. The standard InChI is InChI=1S/C11H17N3O2/c12-10(11(15)16)7-8-5-6-14(13-8)9-3-1-2-4-9/h5-6,9-10H,1-4,7,12H2,(H,15,16)/t10-/m1/s1. The van der Waals surface area contributed by atoms with Crippen LogP contribution in [0.4, 0.5) is 0 Å². The molecule has 88 valence electrons. The molecule has 5 nitrogen and oxygen atoms in total. The van der Waals surface area contributed by atoms with Gasteiger partial charge in [0.05, 0.1) is 11.7 Å². The molecule has 0 unspecified atom stereocenters. The molecule has 1 heterocycles.